The van der Waals surface area contributed by atoms with E-state index in [1.165, 1.54) is 11.1 Å². The quantitative estimate of drug-likeness (QED) is 0.797. The number of carbonyl (C=O) groups is 1. The Hall–Kier alpha value is -1.15. The van der Waals surface area contributed by atoms with Crippen molar-refractivity contribution in [2.75, 3.05) is 13.7 Å². The molecular formula is C15H20O2. The summed E-state index contributed by atoms with van der Waals surface area (Å²) in [6.07, 6.45) is 1.00. The molecule has 2 rings (SSSR count). The summed E-state index contributed by atoms with van der Waals surface area (Å²) in [6.45, 7) is 4.56. The molecule has 1 aliphatic rings. The lowest BCUT2D eigenvalue weighted by atomic mass is 9.61. The topological polar surface area (TPSA) is 26.3 Å². The Balaban J connectivity index is 2.13. The molecule has 3 unspecified atom stereocenters. The van der Waals surface area contributed by atoms with Gasteiger partial charge in [0.15, 0.2) is 5.78 Å². The van der Waals surface area contributed by atoms with Gasteiger partial charge in [-0.2, -0.15) is 0 Å². The summed E-state index contributed by atoms with van der Waals surface area (Å²) in [7, 11) is 1.58. The summed E-state index contributed by atoms with van der Waals surface area (Å²) >= 11 is 0. The van der Waals surface area contributed by atoms with Crippen LogP contribution in [0.2, 0.25) is 0 Å². The molecule has 0 amide bonds. The molecule has 92 valence electrons. The van der Waals surface area contributed by atoms with Crippen molar-refractivity contribution >= 4 is 5.78 Å². The lowest BCUT2D eigenvalue weighted by Gasteiger charge is -2.42. The van der Waals surface area contributed by atoms with Crippen LogP contribution >= 0.6 is 0 Å². The van der Waals surface area contributed by atoms with E-state index in [0.717, 1.165) is 6.42 Å². The average molecular weight is 232 g/mol. The molecule has 0 aliphatic heterocycles. The van der Waals surface area contributed by atoms with Crippen LogP contribution in [0.25, 0.3) is 0 Å². The minimum absolute atomic E-state index is 0.160. The fourth-order valence-electron chi connectivity index (χ4n) is 2.83. The predicted octanol–water partition coefficient (Wildman–Crippen LogP) is 2.95. The van der Waals surface area contributed by atoms with E-state index in [1.807, 2.05) is 0 Å². The minimum atomic E-state index is 0.160. The van der Waals surface area contributed by atoms with Gasteiger partial charge in [0.25, 0.3) is 0 Å². The van der Waals surface area contributed by atoms with Gasteiger partial charge < -0.3 is 4.74 Å². The molecule has 3 atom stereocenters. The van der Waals surface area contributed by atoms with Gasteiger partial charge in [-0.1, -0.05) is 36.8 Å². The summed E-state index contributed by atoms with van der Waals surface area (Å²) in [5.41, 5.74) is 2.56. The van der Waals surface area contributed by atoms with Gasteiger partial charge in [0.2, 0.25) is 0 Å². The van der Waals surface area contributed by atoms with Gasteiger partial charge in [-0.05, 0) is 30.7 Å². The van der Waals surface area contributed by atoms with Gasteiger partial charge in [-0.15, -0.1) is 0 Å². The van der Waals surface area contributed by atoms with E-state index < -0.39 is 0 Å². The number of Topliss-reactive ketones (excluding diaryl/α,β-unsaturated/α-hetero) is 1. The first-order chi connectivity index (χ1) is 8.13. The number of hydrogen-bond donors (Lipinski definition) is 0. The van der Waals surface area contributed by atoms with E-state index in [-0.39, 0.29) is 18.3 Å². The van der Waals surface area contributed by atoms with Crippen molar-refractivity contribution in [2.24, 2.45) is 11.8 Å². The number of benzene rings is 1. The van der Waals surface area contributed by atoms with Crippen molar-refractivity contribution in [3.8, 4) is 0 Å². The standard InChI is InChI=1S/C15H20O2/c1-10-4-6-12(7-5-10)15-11(2)8-13(15)14(16)9-17-3/h4-7,11,13,15H,8-9H2,1-3H3. The number of hydrogen-bond acceptors (Lipinski definition) is 2. The third-order valence-corrected chi connectivity index (χ3v) is 3.83. The van der Waals surface area contributed by atoms with Crippen LogP contribution in [0.1, 0.15) is 30.4 Å². The van der Waals surface area contributed by atoms with E-state index in [1.54, 1.807) is 7.11 Å². The van der Waals surface area contributed by atoms with Gasteiger partial charge in [0, 0.05) is 13.0 Å². The van der Waals surface area contributed by atoms with Crippen molar-refractivity contribution in [1.82, 2.24) is 0 Å². The van der Waals surface area contributed by atoms with Crippen molar-refractivity contribution in [3.05, 3.63) is 35.4 Å². The Morgan fingerprint density at radius 2 is 2.00 bits per heavy atom. The van der Waals surface area contributed by atoms with E-state index in [9.17, 15) is 4.79 Å². The van der Waals surface area contributed by atoms with Crippen molar-refractivity contribution < 1.29 is 9.53 Å². The zero-order chi connectivity index (χ0) is 12.4. The fourth-order valence-corrected chi connectivity index (χ4v) is 2.83. The minimum Gasteiger partial charge on any atom is -0.377 e. The molecule has 1 fully saturated rings. The first kappa shape index (κ1) is 12.3. The Labute approximate surface area is 103 Å². The number of carbonyl (C=O) groups excluding carboxylic acids is 1. The number of ketones is 1. The van der Waals surface area contributed by atoms with Gasteiger partial charge >= 0.3 is 0 Å². The summed E-state index contributed by atoms with van der Waals surface area (Å²) in [5, 5.41) is 0. The van der Waals surface area contributed by atoms with Crippen LogP contribution in [0.15, 0.2) is 24.3 Å². The number of rotatable bonds is 4. The van der Waals surface area contributed by atoms with Gasteiger partial charge in [0.05, 0.1) is 0 Å². The average Bonchev–Trinajstić information content (AvgIpc) is 2.29. The van der Waals surface area contributed by atoms with Gasteiger partial charge in [-0.25, -0.2) is 0 Å². The monoisotopic (exact) mass is 232 g/mol. The SMILES string of the molecule is COCC(=O)C1CC(C)C1c1ccc(C)cc1. The van der Waals surface area contributed by atoms with E-state index in [4.69, 9.17) is 4.74 Å². The molecule has 0 N–H and O–H groups in total. The molecular weight excluding hydrogens is 212 g/mol. The van der Waals surface area contributed by atoms with Crippen LogP contribution in [0.5, 0.6) is 0 Å². The normalized spacial score (nSPS) is 27.6. The fraction of sp³-hybridized carbons (Fsp3) is 0.533. The molecule has 1 aromatic rings. The molecule has 17 heavy (non-hydrogen) atoms. The third kappa shape index (κ3) is 2.42. The van der Waals surface area contributed by atoms with E-state index >= 15 is 0 Å². The highest BCUT2D eigenvalue weighted by Crippen LogP contribution is 2.47. The molecule has 0 radical (unpaired) electrons. The second-order valence-corrected chi connectivity index (χ2v) is 5.16. The first-order valence-corrected chi connectivity index (χ1v) is 6.21. The van der Waals surface area contributed by atoms with E-state index in [2.05, 4.69) is 38.1 Å². The third-order valence-electron chi connectivity index (χ3n) is 3.83. The zero-order valence-corrected chi connectivity index (χ0v) is 10.8. The number of ether oxygens (including phenoxy) is 1. The number of methoxy groups -OCH3 is 1. The van der Waals surface area contributed by atoms with E-state index in [0.29, 0.717) is 11.8 Å². The molecule has 0 heterocycles. The second kappa shape index (κ2) is 5.01. The van der Waals surface area contributed by atoms with Crippen LogP contribution < -0.4 is 0 Å². The summed E-state index contributed by atoms with van der Waals surface area (Å²) in [5.74, 6) is 1.39. The van der Waals surface area contributed by atoms with Crippen LogP contribution in [0.3, 0.4) is 0 Å². The Morgan fingerprint density at radius 3 is 2.53 bits per heavy atom. The maximum Gasteiger partial charge on any atom is 0.162 e. The Kier molecular flexibility index (Phi) is 3.63. The first-order valence-electron chi connectivity index (χ1n) is 6.21. The van der Waals surface area contributed by atoms with Gasteiger partial charge in [-0.3, -0.25) is 4.79 Å². The van der Waals surface area contributed by atoms with Crippen molar-refractivity contribution in [1.29, 1.82) is 0 Å². The Bertz CT molecular complexity index is 394. The summed E-state index contributed by atoms with van der Waals surface area (Å²) < 4.78 is 4.95. The van der Waals surface area contributed by atoms with Crippen LogP contribution in [-0.2, 0) is 9.53 Å². The molecule has 1 aliphatic carbocycles. The van der Waals surface area contributed by atoms with Crippen LogP contribution in [0, 0.1) is 18.8 Å². The molecule has 0 spiro atoms. The zero-order valence-electron chi connectivity index (χ0n) is 10.8. The molecule has 2 nitrogen and oxygen atoms in total. The highest BCUT2D eigenvalue weighted by atomic mass is 16.5. The Morgan fingerprint density at radius 1 is 1.35 bits per heavy atom. The second-order valence-electron chi connectivity index (χ2n) is 5.16. The lowest BCUT2D eigenvalue weighted by Crippen LogP contribution is -2.39. The van der Waals surface area contributed by atoms with Crippen molar-refractivity contribution in [2.45, 2.75) is 26.2 Å². The highest BCUT2D eigenvalue weighted by molar-refractivity contribution is 5.84. The van der Waals surface area contributed by atoms with Crippen LogP contribution in [-0.4, -0.2) is 19.5 Å². The molecule has 1 saturated carbocycles. The molecule has 1 aromatic carbocycles. The predicted molar refractivity (Wildman–Crippen MR) is 68.1 cm³/mol. The molecule has 2 heteroatoms. The summed E-state index contributed by atoms with van der Waals surface area (Å²) in [6, 6.07) is 8.56. The largest absolute Gasteiger partial charge is 0.377 e. The molecule has 0 aromatic heterocycles. The van der Waals surface area contributed by atoms with Gasteiger partial charge in [0.1, 0.15) is 6.61 Å². The number of aryl methyl sites for hydroxylation is 1. The summed E-state index contributed by atoms with van der Waals surface area (Å²) in [4.78, 5) is 11.9. The van der Waals surface area contributed by atoms with Crippen molar-refractivity contribution in [3.63, 3.8) is 0 Å². The maximum atomic E-state index is 11.9. The maximum absolute atomic E-state index is 11.9. The highest BCUT2D eigenvalue weighted by Gasteiger charge is 2.42. The lowest BCUT2D eigenvalue weighted by molar-refractivity contribution is -0.131. The molecule has 0 bridgehead atoms. The smallest absolute Gasteiger partial charge is 0.162 e. The van der Waals surface area contributed by atoms with Crippen LogP contribution in [0.4, 0.5) is 0 Å². The molecule has 0 saturated heterocycles.